The predicted octanol–water partition coefficient (Wildman–Crippen LogP) is 2.51. The van der Waals surface area contributed by atoms with Gasteiger partial charge < -0.3 is 9.47 Å². The van der Waals surface area contributed by atoms with Crippen molar-refractivity contribution in [1.82, 2.24) is 5.43 Å². The van der Waals surface area contributed by atoms with Gasteiger partial charge in [0.15, 0.2) is 0 Å². The molecule has 3 N–H and O–H groups in total. The molecule has 0 aliphatic heterocycles. The highest BCUT2D eigenvalue weighted by Crippen LogP contribution is 2.36. The fourth-order valence-corrected chi connectivity index (χ4v) is 2.53. The molecule has 20 heavy (non-hydrogen) atoms. The zero-order chi connectivity index (χ0) is 14.2. The molecule has 1 aromatic carbocycles. The van der Waals surface area contributed by atoms with Gasteiger partial charge >= 0.3 is 0 Å². The summed E-state index contributed by atoms with van der Waals surface area (Å²) in [7, 11) is 1.68. The lowest BCUT2D eigenvalue weighted by Gasteiger charge is -2.26. The minimum atomic E-state index is 0.146. The Kier molecular flexibility index (Phi) is 6.47. The predicted molar refractivity (Wildman–Crippen MR) is 80.4 cm³/mol. The monoisotopic (exact) mass is 278 g/mol. The molecule has 0 saturated heterocycles. The number of nitrogens with one attached hydrogen (secondary N) is 1. The van der Waals surface area contributed by atoms with Gasteiger partial charge in [-0.15, -0.1) is 0 Å². The molecule has 4 heteroatoms. The lowest BCUT2D eigenvalue weighted by molar-refractivity contribution is 0.0657. The molecule has 1 saturated carbocycles. The third-order valence-electron chi connectivity index (χ3n) is 4.10. The van der Waals surface area contributed by atoms with Crippen LogP contribution in [0, 0.1) is 0 Å². The standard InChI is InChI=1S/C16H26N2O2/c1-19-11-12-20-10-9-16(18-17)15-7-5-14(6-8-15)13-3-2-4-13/h5-8,13,16,18H,2-4,9-12,17H2,1H3. The van der Waals surface area contributed by atoms with Gasteiger partial charge in [0.2, 0.25) is 0 Å². The molecular weight excluding hydrogens is 252 g/mol. The molecular formula is C16H26N2O2. The van der Waals surface area contributed by atoms with E-state index < -0.39 is 0 Å². The van der Waals surface area contributed by atoms with E-state index in [4.69, 9.17) is 15.3 Å². The zero-order valence-corrected chi connectivity index (χ0v) is 12.3. The van der Waals surface area contributed by atoms with E-state index in [1.54, 1.807) is 7.11 Å². The van der Waals surface area contributed by atoms with Crippen molar-refractivity contribution in [3.05, 3.63) is 35.4 Å². The quantitative estimate of drug-likeness (QED) is 0.414. The van der Waals surface area contributed by atoms with E-state index in [1.165, 1.54) is 30.4 Å². The Hall–Kier alpha value is -0.940. The zero-order valence-electron chi connectivity index (χ0n) is 12.3. The summed E-state index contributed by atoms with van der Waals surface area (Å²) in [5.41, 5.74) is 5.57. The van der Waals surface area contributed by atoms with Gasteiger partial charge in [-0.25, -0.2) is 0 Å². The van der Waals surface area contributed by atoms with Crippen LogP contribution >= 0.6 is 0 Å². The van der Waals surface area contributed by atoms with E-state index in [-0.39, 0.29) is 6.04 Å². The molecule has 1 aliphatic carbocycles. The van der Waals surface area contributed by atoms with Crippen LogP contribution in [-0.2, 0) is 9.47 Å². The molecule has 4 nitrogen and oxygen atoms in total. The van der Waals surface area contributed by atoms with Gasteiger partial charge in [-0.2, -0.15) is 0 Å². The van der Waals surface area contributed by atoms with Crippen LogP contribution < -0.4 is 11.3 Å². The maximum absolute atomic E-state index is 5.65. The molecule has 0 bridgehead atoms. The van der Waals surface area contributed by atoms with Crippen molar-refractivity contribution in [1.29, 1.82) is 0 Å². The molecule has 0 radical (unpaired) electrons. The van der Waals surface area contributed by atoms with Gasteiger partial charge in [0.25, 0.3) is 0 Å². The Morgan fingerprint density at radius 3 is 2.50 bits per heavy atom. The number of hydrazine groups is 1. The van der Waals surface area contributed by atoms with E-state index in [0.29, 0.717) is 19.8 Å². The summed E-state index contributed by atoms with van der Waals surface area (Å²) in [5.74, 6) is 6.43. The van der Waals surface area contributed by atoms with Crippen LogP contribution in [0.3, 0.4) is 0 Å². The number of nitrogens with two attached hydrogens (primary N) is 1. The van der Waals surface area contributed by atoms with Crippen molar-refractivity contribution in [2.24, 2.45) is 5.84 Å². The maximum atomic E-state index is 5.65. The van der Waals surface area contributed by atoms with Gasteiger partial charge in [0.05, 0.1) is 13.2 Å². The summed E-state index contributed by atoms with van der Waals surface area (Å²) < 4.78 is 10.4. The number of hydrogen-bond donors (Lipinski definition) is 2. The Morgan fingerprint density at radius 2 is 1.95 bits per heavy atom. The van der Waals surface area contributed by atoms with E-state index in [0.717, 1.165) is 12.3 Å². The second-order valence-corrected chi connectivity index (χ2v) is 5.41. The third-order valence-corrected chi connectivity index (χ3v) is 4.10. The third kappa shape index (κ3) is 4.28. The van der Waals surface area contributed by atoms with Crippen LogP contribution in [0.4, 0.5) is 0 Å². The molecule has 2 rings (SSSR count). The van der Waals surface area contributed by atoms with Gasteiger partial charge in [-0.05, 0) is 36.3 Å². The number of hydrogen-bond acceptors (Lipinski definition) is 4. The Bertz CT molecular complexity index is 377. The molecule has 112 valence electrons. The average molecular weight is 278 g/mol. The SMILES string of the molecule is COCCOCCC(NN)c1ccc(C2CCC2)cc1. The highest BCUT2D eigenvalue weighted by molar-refractivity contribution is 5.28. The van der Waals surface area contributed by atoms with Crippen molar-refractivity contribution < 1.29 is 9.47 Å². The summed E-state index contributed by atoms with van der Waals surface area (Å²) in [6.07, 6.45) is 4.91. The molecule has 1 aliphatic rings. The van der Waals surface area contributed by atoms with Crippen LogP contribution in [0.5, 0.6) is 0 Å². The normalized spacial score (nSPS) is 16.9. The van der Waals surface area contributed by atoms with Gasteiger partial charge in [-0.1, -0.05) is 30.7 Å². The second kappa shape index (κ2) is 8.37. The molecule has 1 aromatic rings. The van der Waals surface area contributed by atoms with Crippen molar-refractivity contribution in [3.63, 3.8) is 0 Å². The van der Waals surface area contributed by atoms with Crippen molar-refractivity contribution in [2.75, 3.05) is 26.9 Å². The van der Waals surface area contributed by atoms with E-state index >= 15 is 0 Å². The van der Waals surface area contributed by atoms with Crippen molar-refractivity contribution >= 4 is 0 Å². The summed E-state index contributed by atoms with van der Waals surface area (Å²) >= 11 is 0. The first-order valence-corrected chi connectivity index (χ1v) is 7.48. The van der Waals surface area contributed by atoms with E-state index in [2.05, 4.69) is 29.7 Å². The van der Waals surface area contributed by atoms with Crippen LogP contribution in [0.15, 0.2) is 24.3 Å². The van der Waals surface area contributed by atoms with Gasteiger partial charge in [0, 0.05) is 19.8 Å². The summed E-state index contributed by atoms with van der Waals surface area (Å²) in [6, 6.07) is 9.01. The first kappa shape index (κ1) is 15.4. The largest absolute Gasteiger partial charge is 0.382 e. The molecule has 1 fully saturated rings. The smallest absolute Gasteiger partial charge is 0.0700 e. The number of rotatable bonds is 9. The Morgan fingerprint density at radius 1 is 1.20 bits per heavy atom. The van der Waals surface area contributed by atoms with Gasteiger partial charge in [-0.3, -0.25) is 11.3 Å². The van der Waals surface area contributed by atoms with Crippen LogP contribution in [-0.4, -0.2) is 26.9 Å². The first-order valence-electron chi connectivity index (χ1n) is 7.48. The molecule has 0 heterocycles. The van der Waals surface area contributed by atoms with Crippen molar-refractivity contribution in [2.45, 2.75) is 37.6 Å². The van der Waals surface area contributed by atoms with Crippen LogP contribution in [0.2, 0.25) is 0 Å². The molecule has 0 aromatic heterocycles. The minimum absolute atomic E-state index is 0.146. The summed E-state index contributed by atoms with van der Waals surface area (Å²) in [4.78, 5) is 0. The molecule has 1 unspecified atom stereocenters. The second-order valence-electron chi connectivity index (χ2n) is 5.41. The van der Waals surface area contributed by atoms with Crippen LogP contribution in [0.25, 0.3) is 0 Å². The molecule has 0 spiro atoms. The Labute approximate surface area is 121 Å². The lowest BCUT2D eigenvalue weighted by atomic mass is 9.80. The topological polar surface area (TPSA) is 56.5 Å². The Balaban J connectivity index is 1.80. The lowest BCUT2D eigenvalue weighted by Crippen LogP contribution is -2.29. The van der Waals surface area contributed by atoms with E-state index in [1.807, 2.05) is 0 Å². The summed E-state index contributed by atoms with van der Waals surface area (Å²) in [6.45, 7) is 1.95. The number of benzene rings is 1. The highest BCUT2D eigenvalue weighted by Gasteiger charge is 2.19. The van der Waals surface area contributed by atoms with Gasteiger partial charge in [0.1, 0.15) is 0 Å². The van der Waals surface area contributed by atoms with Crippen LogP contribution in [0.1, 0.15) is 48.8 Å². The number of methoxy groups -OCH3 is 1. The minimum Gasteiger partial charge on any atom is -0.382 e. The fraction of sp³-hybridized carbons (Fsp3) is 0.625. The van der Waals surface area contributed by atoms with Crippen molar-refractivity contribution in [3.8, 4) is 0 Å². The molecule has 1 atom stereocenters. The number of ether oxygens (including phenoxy) is 2. The fourth-order valence-electron chi connectivity index (χ4n) is 2.53. The highest BCUT2D eigenvalue weighted by atomic mass is 16.5. The molecule has 0 amide bonds. The first-order chi connectivity index (χ1) is 9.85. The average Bonchev–Trinajstić information content (AvgIpc) is 2.42. The van der Waals surface area contributed by atoms with E-state index in [9.17, 15) is 0 Å². The maximum Gasteiger partial charge on any atom is 0.0700 e. The summed E-state index contributed by atoms with van der Waals surface area (Å²) in [5, 5.41) is 0.